The fraction of sp³-hybridized carbons (Fsp3) is 0.769. The molecule has 0 aliphatic carbocycles. The molecule has 0 aromatic heterocycles. The summed E-state index contributed by atoms with van der Waals surface area (Å²) >= 11 is 5.02. The number of hydrogen-bond acceptors (Lipinski definition) is 3. The fourth-order valence-corrected chi connectivity index (χ4v) is 3.37. The van der Waals surface area contributed by atoms with Gasteiger partial charge >= 0.3 is 0 Å². The average molecular weight is 283 g/mol. The Morgan fingerprint density at radius 3 is 2.68 bits per heavy atom. The normalized spacial score (nSPS) is 24.6. The van der Waals surface area contributed by atoms with E-state index in [1.807, 2.05) is 23.6 Å². The molecule has 2 N–H and O–H groups in total. The van der Waals surface area contributed by atoms with Gasteiger partial charge in [0, 0.05) is 32.1 Å². The molecule has 0 saturated carbocycles. The third kappa shape index (κ3) is 2.73. The van der Waals surface area contributed by atoms with E-state index < -0.39 is 5.92 Å². The lowest BCUT2D eigenvalue weighted by atomic mass is 9.93. The van der Waals surface area contributed by atoms with E-state index in [0.717, 1.165) is 6.42 Å². The summed E-state index contributed by atoms with van der Waals surface area (Å²) in [6.45, 7) is 5.76. The third-order valence-electron chi connectivity index (χ3n) is 4.05. The first-order valence-electron chi connectivity index (χ1n) is 6.79. The van der Waals surface area contributed by atoms with Crippen molar-refractivity contribution in [1.82, 2.24) is 9.80 Å². The van der Waals surface area contributed by atoms with Gasteiger partial charge in [-0.1, -0.05) is 26.1 Å². The first-order chi connectivity index (χ1) is 8.91. The summed E-state index contributed by atoms with van der Waals surface area (Å²) in [5.74, 6) is -0.0553. The maximum absolute atomic E-state index is 12.5. The lowest BCUT2D eigenvalue weighted by molar-refractivity contribution is -0.141. The second kappa shape index (κ2) is 5.45. The van der Waals surface area contributed by atoms with Crippen LogP contribution >= 0.6 is 12.2 Å². The molecule has 0 aromatic rings. The summed E-state index contributed by atoms with van der Waals surface area (Å²) in [4.78, 5) is 28.1. The molecule has 0 bridgehead atoms. The molecule has 5 nitrogen and oxygen atoms in total. The Morgan fingerprint density at radius 2 is 2.11 bits per heavy atom. The lowest BCUT2D eigenvalue weighted by Crippen LogP contribution is -2.55. The first kappa shape index (κ1) is 14.2. The van der Waals surface area contributed by atoms with E-state index in [-0.39, 0.29) is 28.8 Å². The average Bonchev–Trinajstić information content (AvgIpc) is 2.69. The van der Waals surface area contributed by atoms with Gasteiger partial charge in [0.05, 0.1) is 10.9 Å². The van der Waals surface area contributed by atoms with Crippen LogP contribution in [0.3, 0.4) is 0 Å². The molecule has 2 unspecified atom stereocenters. The standard InChI is InChI=1S/C13H21N3O2S/c1-8(2)11(12(14)19)13(18)15-5-6-16-9(7-15)3-4-10(16)17/h8-9,11H,3-7H2,1-2H3,(H2,14,19). The summed E-state index contributed by atoms with van der Waals surface area (Å²) in [5, 5.41) is 0. The van der Waals surface area contributed by atoms with E-state index in [4.69, 9.17) is 18.0 Å². The predicted octanol–water partition coefficient (Wildman–Crippen LogP) is 0.378. The zero-order valence-corrected chi connectivity index (χ0v) is 12.3. The number of nitrogens with two attached hydrogens (primary N) is 1. The zero-order chi connectivity index (χ0) is 14.2. The highest BCUT2D eigenvalue weighted by Gasteiger charge is 2.39. The number of carbonyl (C=O) groups excluding carboxylic acids is 2. The molecule has 19 heavy (non-hydrogen) atoms. The number of fused-ring (bicyclic) bond motifs is 1. The molecule has 0 aromatic carbocycles. The van der Waals surface area contributed by atoms with Crippen molar-refractivity contribution in [2.75, 3.05) is 19.6 Å². The van der Waals surface area contributed by atoms with Crippen LogP contribution in [0.25, 0.3) is 0 Å². The van der Waals surface area contributed by atoms with Crippen LogP contribution in [-0.4, -0.2) is 52.3 Å². The van der Waals surface area contributed by atoms with Crippen LogP contribution in [0.4, 0.5) is 0 Å². The van der Waals surface area contributed by atoms with E-state index >= 15 is 0 Å². The number of thiocarbonyl (C=S) groups is 1. The van der Waals surface area contributed by atoms with Gasteiger partial charge in [-0.3, -0.25) is 9.59 Å². The summed E-state index contributed by atoms with van der Waals surface area (Å²) in [5.41, 5.74) is 5.69. The molecule has 6 heteroatoms. The van der Waals surface area contributed by atoms with Crippen LogP contribution in [-0.2, 0) is 9.59 Å². The molecule has 2 atom stereocenters. The van der Waals surface area contributed by atoms with Crippen molar-refractivity contribution in [3.63, 3.8) is 0 Å². The van der Waals surface area contributed by atoms with E-state index in [9.17, 15) is 9.59 Å². The highest BCUT2D eigenvalue weighted by molar-refractivity contribution is 7.80. The smallest absolute Gasteiger partial charge is 0.232 e. The second-order valence-electron chi connectivity index (χ2n) is 5.69. The molecule has 2 aliphatic rings. The largest absolute Gasteiger partial charge is 0.393 e. The molecule has 106 valence electrons. The van der Waals surface area contributed by atoms with Crippen LogP contribution in [0, 0.1) is 11.8 Å². The topological polar surface area (TPSA) is 66.6 Å². The molecule has 2 heterocycles. The van der Waals surface area contributed by atoms with Crippen LogP contribution < -0.4 is 5.73 Å². The van der Waals surface area contributed by atoms with E-state index in [1.165, 1.54) is 0 Å². The van der Waals surface area contributed by atoms with Gasteiger partial charge in [0.25, 0.3) is 0 Å². The highest BCUT2D eigenvalue weighted by Crippen LogP contribution is 2.25. The number of rotatable bonds is 3. The monoisotopic (exact) mass is 283 g/mol. The quantitative estimate of drug-likeness (QED) is 0.760. The molecule has 2 saturated heterocycles. The van der Waals surface area contributed by atoms with Crippen LogP contribution in [0.2, 0.25) is 0 Å². The van der Waals surface area contributed by atoms with Gasteiger partial charge in [0.1, 0.15) is 0 Å². The van der Waals surface area contributed by atoms with Crippen molar-refractivity contribution in [3.05, 3.63) is 0 Å². The number of nitrogens with zero attached hydrogens (tertiary/aromatic N) is 2. The first-order valence-corrected chi connectivity index (χ1v) is 7.20. The summed E-state index contributed by atoms with van der Waals surface area (Å²) < 4.78 is 0. The maximum atomic E-state index is 12.5. The summed E-state index contributed by atoms with van der Waals surface area (Å²) in [6, 6.07) is 0.185. The van der Waals surface area contributed by atoms with Crippen LogP contribution in [0.5, 0.6) is 0 Å². The van der Waals surface area contributed by atoms with Crippen molar-refractivity contribution >= 4 is 29.0 Å². The second-order valence-corrected chi connectivity index (χ2v) is 6.16. The minimum Gasteiger partial charge on any atom is -0.393 e. The van der Waals surface area contributed by atoms with Crippen molar-refractivity contribution in [2.45, 2.75) is 32.7 Å². The maximum Gasteiger partial charge on any atom is 0.232 e. The Bertz CT molecular complexity index is 411. The number of hydrogen-bond donors (Lipinski definition) is 1. The van der Waals surface area contributed by atoms with E-state index in [0.29, 0.717) is 26.1 Å². The molecule has 0 spiro atoms. The van der Waals surface area contributed by atoms with Crippen LogP contribution in [0.15, 0.2) is 0 Å². The molecule has 0 radical (unpaired) electrons. The van der Waals surface area contributed by atoms with Gasteiger partial charge in [-0.05, 0) is 12.3 Å². The number of piperazine rings is 1. The Balaban J connectivity index is 2.05. The molecule has 2 amide bonds. The number of amides is 2. The van der Waals surface area contributed by atoms with Crippen LogP contribution in [0.1, 0.15) is 26.7 Å². The van der Waals surface area contributed by atoms with Gasteiger partial charge in [0.15, 0.2) is 0 Å². The van der Waals surface area contributed by atoms with Crippen molar-refractivity contribution in [1.29, 1.82) is 0 Å². The predicted molar refractivity (Wildman–Crippen MR) is 76.4 cm³/mol. The summed E-state index contributed by atoms with van der Waals surface area (Å²) in [7, 11) is 0. The zero-order valence-electron chi connectivity index (χ0n) is 11.5. The molecule has 2 fully saturated rings. The molecular formula is C13H21N3O2S. The summed E-state index contributed by atoms with van der Waals surface area (Å²) in [6.07, 6.45) is 1.46. The van der Waals surface area contributed by atoms with Gasteiger partial charge in [0.2, 0.25) is 11.8 Å². The van der Waals surface area contributed by atoms with Crippen molar-refractivity contribution < 1.29 is 9.59 Å². The van der Waals surface area contributed by atoms with Crippen molar-refractivity contribution in [3.8, 4) is 0 Å². The third-order valence-corrected chi connectivity index (χ3v) is 4.30. The molecular weight excluding hydrogens is 262 g/mol. The molecule has 2 rings (SSSR count). The minimum atomic E-state index is -0.390. The van der Waals surface area contributed by atoms with Crippen molar-refractivity contribution in [2.24, 2.45) is 17.6 Å². The van der Waals surface area contributed by atoms with E-state index in [1.54, 1.807) is 0 Å². The lowest BCUT2D eigenvalue weighted by Gasteiger charge is -2.39. The number of carbonyl (C=O) groups is 2. The fourth-order valence-electron chi connectivity index (χ4n) is 3.00. The Kier molecular flexibility index (Phi) is 4.08. The van der Waals surface area contributed by atoms with Gasteiger partial charge in [-0.25, -0.2) is 0 Å². The molecule has 2 aliphatic heterocycles. The van der Waals surface area contributed by atoms with Gasteiger partial charge in [-0.15, -0.1) is 0 Å². The Hall–Kier alpha value is -1.17. The SMILES string of the molecule is CC(C)C(C(=O)N1CCN2C(=O)CCC2C1)C(N)=S. The Morgan fingerprint density at radius 1 is 1.42 bits per heavy atom. The Labute approximate surface area is 119 Å². The minimum absolute atomic E-state index is 0.0153. The highest BCUT2D eigenvalue weighted by atomic mass is 32.1. The van der Waals surface area contributed by atoms with Gasteiger partial charge < -0.3 is 15.5 Å². The van der Waals surface area contributed by atoms with E-state index in [2.05, 4.69) is 0 Å². The van der Waals surface area contributed by atoms with Gasteiger partial charge in [-0.2, -0.15) is 0 Å².